The highest BCUT2D eigenvalue weighted by molar-refractivity contribution is 5.03. The second-order valence-corrected chi connectivity index (χ2v) is 3.83. The molecule has 0 aromatic rings. The van der Waals surface area contributed by atoms with E-state index in [1.165, 1.54) is 0 Å². The Morgan fingerprint density at radius 2 is 1.33 bits per heavy atom. The van der Waals surface area contributed by atoms with Crippen LogP contribution < -0.4 is 0 Å². The molecule has 2 atom stereocenters. The molecule has 0 aromatic heterocycles. The molecule has 0 aliphatic carbocycles. The molecule has 2 N–H and O–H groups in total. The average Bonchev–Trinajstić information content (AvgIpc) is 2.15. The predicted octanol–water partition coefficient (Wildman–Crippen LogP) is 1.66. The Labute approximate surface area is 92.1 Å². The van der Waals surface area contributed by atoms with E-state index in [9.17, 15) is 0 Å². The highest BCUT2D eigenvalue weighted by atomic mass is 16.5. The summed E-state index contributed by atoms with van der Waals surface area (Å²) >= 11 is 0. The molecular weight excluding hydrogens is 192 g/mol. The molecule has 3 heteroatoms. The molecule has 88 valence electrons. The molecule has 0 bridgehead atoms. The van der Waals surface area contributed by atoms with E-state index in [1.54, 1.807) is 0 Å². The molecule has 0 amide bonds. The third-order valence-corrected chi connectivity index (χ3v) is 2.21. The monoisotopic (exact) mass is 214 g/mol. The van der Waals surface area contributed by atoms with E-state index in [-0.39, 0.29) is 25.4 Å². The van der Waals surface area contributed by atoms with Gasteiger partial charge in [0, 0.05) is 26.1 Å². The predicted molar refractivity (Wildman–Crippen MR) is 61.7 cm³/mol. The van der Waals surface area contributed by atoms with E-state index in [0.717, 1.165) is 11.1 Å². The fourth-order valence-electron chi connectivity index (χ4n) is 1.29. The van der Waals surface area contributed by atoms with Crippen molar-refractivity contribution in [1.29, 1.82) is 0 Å². The summed E-state index contributed by atoms with van der Waals surface area (Å²) in [5, 5.41) is 17.7. The lowest BCUT2D eigenvalue weighted by molar-refractivity contribution is 0.00444. The van der Waals surface area contributed by atoms with Crippen molar-refractivity contribution in [2.75, 3.05) is 13.2 Å². The molecule has 0 aliphatic rings. The van der Waals surface area contributed by atoms with Crippen molar-refractivity contribution in [3.63, 3.8) is 0 Å². The quantitative estimate of drug-likeness (QED) is 0.604. The molecule has 0 saturated carbocycles. The molecular formula is C12H22O3. The van der Waals surface area contributed by atoms with Crippen LogP contribution in [-0.2, 0) is 4.74 Å². The van der Waals surface area contributed by atoms with E-state index in [2.05, 4.69) is 13.2 Å². The van der Waals surface area contributed by atoms with Crippen molar-refractivity contribution in [2.45, 2.75) is 38.9 Å². The maximum Gasteiger partial charge on any atom is 0.0809 e. The van der Waals surface area contributed by atoms with Crippen molar-refractivity contribution in [2.24, 2.45) is 0 Å². The van der Waals surface area contributed by atoms with E-state index in [4.69, 9.17) is 14.9 Å². The number of ether oxygens (including phenoxy) is 1. The third kappa shape index (κ3) is 5.72. The fourth-order valence-corrected chi connectivity index (χ4v) is 1.29. The van der Waals surface area contributed by atoms with Crippen molar-refractivity contribution in [3.05, 3.63) is 24.3 Å². The minimum Gasteiger partial charge on any atom is -0.396 e. The van der Waals surface area contributed by atoms with Crippen LogP contribution in [0.1, 0.15) is 26.7 Å². The Kier molecular flexibility index (Phi) is 7.30. The highest BCUT2D eigenvalue weighted by Crippen LogP contribution is 2.17. The standard InChI is InChI=1S/C12H22O3/c1-9(2)11(5-7-13)15-12(6-8-14)10(3)4/h11-14H,1,3,5-8H2,2,4H3. The van der Waals surface area contributed by atoms with Gasteiger partial charge in [-0.15, -0.1) is 0 Å². The minimum atomic E-state index is -0.164. The molecule has 2 unspecified atom stereocenters. The summed E-state index contributed by atoms with van der Waals surface area (Å²) in [5.41, 5.74) is 1.77. The molecule has 0 radical (unpaired) electrons. The van der Waals surface area contributed by atoms with Crippen LogP contribution in [-0.4, -0.2) is 35.6 Å². The molecule has 0 aromatic carbocycles. The van der Waals surface area contributed by atoms with Gasteiger partial charge in [0.25, 0.3) is 0 Å². The van der Waals surface area contributed by atoms with Gasteiger partial charge < -0.3 is 14.9 Å². The number of rotatable bonds is 8. The lowest BCUT2D eigenvalue weighted by Crippen LogP contribution is -2.25. The number of aliphatic hydroxyl groups excluding tert-OH is 2. The number of aliphatic hydroxyl groups is 2. The van der Waals surface area contributed by atoms with E-state index < -0.39 is 0 Å². The summed E-state index contributed by atoms with van der Waals surface area (Å²) < 4.78 is 5.74. The Hall–Kier alpha value is -0.640. The van der Waals surface area contributed by atoms with Crippen LogP contribution in [0.25, 0.3) is 0 Å². The van der Waals surface area contributed by atoms with Crippen LogP contribution in [0.3, 0.4) is 0 Å². The zero-order chi connectivity index (χ0) is 11.8. The Bertz CT molecular complexity index is 189. The smallest absolute Gasteiger partial charge is 0.0809 e. The van der Waals surface area contributed by atoms with Crippen LogP contribution in [0, 0.1) is 0 Å². The highest BCUT2D eigenvalue weighted by Gasteiger charge is 2.17. The lowest BCUT2D eigenvalue weighted by atomic mass is 10.1. The largest absolute Gasteiger partial charge is 0.396 e. The van der Waals surface area contributed by atoms with Gasteiger partial charge >= 0.3 is 0 Å². The molecule has 0 aliphatic heterocycles. The van der Waals surface area contributed by atoms with Crippen molar-refractivity contribution < 1.29 is 14.9 Å². The molecule has 0 saturated heterocycles. The maximum absolute atomic E-state index is 8.87. The summed E-state index contributed by atoms with van der Waals surface area (Å²) in [5.74, 6) is 0. The molecule has 0 rings (SSSR count). The van der Waals surface area contributed by atoms with Crippen LogP contribution in [0.5, 0.6) is 0 Å². The van der Waals surface area contributed by atoms with Gasteiger partial charge in [-0.1, -0.05) is 24.3 Å². The number of hydrogen-bond donors (Lipinski definition) is 2. The minimum absolute atomic E-state index is 0.0690. The lowest BCUT2D eigenvalue weighted by Gasteiger charge is -2.24. The molecule has 0 spiro atoms. The van der Waals surface area contributed by atoms with Gasteiger partial charge in [-0.2, -0.15) is 0 Å². The summed E-state index contributed by atoms with van der Waals surface area (Å²) in [6, 6.07) is 0. The van der Waals surface area contributed by atoms with E-state index in [0.29, 0.717) is 12.8 Å². The van der Waals surface area contributed by atoms with Crippen molar-refractivity contribution >= 4 is 0 Å². The van der Waals surface area contributed by atoms with Gasteiger partial charge in [0.2, 0.25) is 0 Å². The van der Waals surface area contributed by atoms with Gasteiger partial charge in [0.15, 0.2) is 0 Å². The van der Waals surface area contributed by atoms with Gasteiger partial charge in [-0.25, -0.2) is 0 Å². The fraction of sp³-hybridized carbons (Fsp3) is 0.667. The molecule has 15 heavy (non-hydrogen) atoms. The Morgan fingerprint density at radius 3 is 1.53 bits per heavy atom. The second-order valence-electron chi connectivity index (χ2n) is 3.83. The topological polar surface area (TPSA) is 49.7 Å². The zero-order valence-electron chi connectivity index (χ0n) is 9.70. The molecule has 0 fully saturated rings. The normalized spacial score (nSPS) is 14.7. The number of hydrogen-bond acceptors (Lipinski definition) is 3. The van der Waals surface area contributed by atoms with Crippen LogP contribution in [0.15, 0.2) is 24.3 Å². The van der Waals surface area contributed by atoms with Crippen LogP contribution in [0.2, 0.25) is 0 Å². The first-order valence-corrected chi connectivity index (χ1v) is 5.20. The first-order chi connectivity index (χ1) is 7.02. The van der Waals surface area contributed by atoms with Gasteiger partial charge in [-0.3, -0.25) is 0 Å². The average molecular weight is 214 g/mol. The summed E-state index contributed by atoms with van der Waals surface area (Å²) in [4.78, 5) is 0. The zero-order valence-corrected chi connectivity index (χ0v) is 9.70. The Morgan fingerprint density at radius 1 is 1.00 bits per heavy atom. The SMILES string of the molecule is C=C(C)C(CCO)OC(CCO)C(=C)C. The molecule has 0 heterocycles. The van der Waals surface area contributed by atoms with Crippen LogP contribution >= 0.6 is 0 Å². The van der Waals surface area contributed by atoms with Gasteiger partial charge in [0.1, 0.15) is 0 Å². The van der Waals surface area contributed by atoms with Crippen molar-refractivity contribution in [3.8, 4) is 0 Å². The Balaban J connectivity index is 4.32. The van der Waals surface area contributed by atoms with E-state index >= 15 is 0 Å². The summed E-state index contributed by atoms with van der Waals surface area (Å²) in [6.45, 7) is 11.5. The summed E-state index contributed by atoms with van der Waals surface area (Å²) in [7, 11) is 0. The second kappa shape index (κ2) is 7.63. The van der Waals surface area contributed by atoms with Gasteiger partial charge in [-0.05, 0) is 13.8 Å². The first-order valence-electron chi connectivity index (χ1n) is 5.20. The van der Waals surface area contributed by atoms with Gasteiger partial charge in [0.05, 0.1) is 12.2 Å². The maximum atomic E-state index is 8.87. The van der Waals surface area contributed by atoms with Crippen LogP contribution in [0.4, 0.5) is 0 Å². The van der Waals surface area contributed by atoms with Crippen molar-refractivity contribution in [1.82, 2.24) is 0 Å². The first kappa shape index (κ1) is 14.4. The molecule has 3 nitrogen and oxygen atoms in total. The third-order valence-electron chi connectivity index (χ3n) is 2.21. The summed E-state index contributed by atoms with van der Waals surface area (Å²) in [6.07, 6.45) is 0.737. The van der Waals surface area contributed by atoms with E-state index in [1.807, 2.05) is 13.8 Å².